The van der Waals surface area contributed by atoms with Crippen LogP contribution in [0.1, 0.15) is 65.5 Å². The van der Waals surface area contributed by atoms with Crippen molar-refractivity contribution >= 4 is 54.8 Å². The first-order chi connectivity index (χ1) is 21.0. The molecule has 0 spiro atoms. The van der Waals surface area contributed by atoms with Crippen molar-refractivity contribution < 1.29 is 27.2 Å². The van der Waals surface area contributed by atoms with Gasteiger partial charge < -0.3 is 14.0 Å². The van der Waals surface area contributed by atoms with E-state index in [1.165, 1.54) is 22.5 Å². The Bertz CT molecular complexity index is 1810. The molecule has 0 radical (unpaired) electrons. The monoisotopic (exact) mass is 704 g/mol. The summed E-state index contributed by atoms with van der Waals surface area (Å²) < 4.78 is 39.9. The van der Waals surface area contributed by atoms with Crippen LogP contribution < -0.4 is 4.18 Å². The van der Waals surface area contributed by atoms with Crippen LogP contribution in [0.5, 0.6) is 11.5 Å². The predicted molar refractivity (Wildman–Crippen MR) is 171 cm³/mol. The van der Waals surface area contributed by atoms with Crippen LogP contribution in [0, 0.1) is 13.8 Å². The van der Waals surface area contributed by atoms with E-state index >= 15 is 0 Å². The van der Waals surface area contributed by atoms with Crippen molar-refractivity contribution in [2.45, 2.75) is 65.6 Å². The number of carbonyl (C=O) groups is 1. The van der Waals surface area contributed by atoms with E-state index in [1.54, 1.807) is 6.92 Å². The summed E-state index contributed by atoms with van der Waals surface area (Å²) in [5.74, 6) is -0.585. The second kappa shape index (κ2) is 13.4. The molecule has 44 heavy (non-hydrogen) atoms. The van der Waals surface area contributed by atoms with E-state index in [1.807, 2.05) is 42.8 Å². The van der Waals surface area contributed by atoms with Gasteiger partial charge >= 0.3 is 16.3 Å². The Morgan fingerprint density at radius 3 is 2.73 bits per heavy atom. The summed E-state index contributed by atoms with van der Waals surface area (Å²) >= 11 is 10.2. The first kappa shape index (κ1) is 32.2. The van der Waals surface area contributed by atoms with Gasteiger partial charge in [0.25, 0.3) is 0 Å². The summed E-state index contributed by atoms with van der Waals surface area (Å²) in [5.41, 5.74) is 6.10. The highest BCUT2D eigenvalue weighted by atomic mass is 79.9. The van der Waals surface area contributed by atoms with Crippen molar-refractivity contribution in [2.75, 3.05) is 11.9 Å². The molecule has 3 aromatic carbocycles. The number of benzene rings is 3. The van der Waals surface area contributed by atoms with Crippen LogP contribution in [0.4, 0.5) is 0 Å². The molecule has 1 aliphatic heterocycles. The van der Waals surface area contributed by atoms with Crippen molar-refractivity contribution in [3.8, 4) is 11.5 Å². The molecule has 13 heteroatoms. The smallest absolute Gasteiger partial charge is 0.385 e. The van der Waals surface area contributed by atoms with Gasteiger partial charge in [0, 0.05) is 41.5 Å². The summed E-state index contributed by atoms with van der Waals surface area (Å²) in [4.78, 5) is 12.9. The summed E-state index contributed by atoms with van der Waals surface area (Å²) in [6, 6.07) is 12.0. The number of fused-ring (bicyclic) bond motifs is 2. The minimum Gasteiger partial charge on any atom is -0.508 e. The van der Waals surface area contributed by atoms with Gasteiger partial charge in [0.15, 0.2) is 0 Å². The number of nitrogens with zero attached hydrogens (tertiary/aromatic N) is 4. The number of halogens is 2. The topological polar surface area (TPSA) is 124 Å². The highest BCUT2D eigenvalue weighted by Crippen LogP contribution is 2.38. The Balaban J connectivity index is 1.54. The van der Waals surface area contributed by atoms with Gasteiger partial charge in [0.05, 0.1) is 18.5 Å². The van der Waals surface area contributed by atoms with Gasteiger partial charge in [-0.25, -0.2) is 4.68 Å². The summed E-state index contributed by atoms with van der Waals surface area (Å²) in [6.45, 7) is 6.51. The van der Waals surface area contributed by atoms with E-state index in [-0.39, 0.29) is 43.6 Å². The van der Waals surface area contributed by atoms with Gasteiger partial charge in [-0.05, 0) is 85.7 Å². The number of aryl methyl sites for hydroxylation is 3. The fourth-order valence-electron chi connectivity index (χ4n) is 5.60. The molecule has 0 fully saturated rings. The maximum absolute atomic E-state index is 13.1. The Morgan fingerprint density at radius 2 is 1.98 bits per heavy atom. The highest BCUT2D eigenvalue weighted by Gasteiger charge is 2.33. The third kappa shape index (κ3) is 6.73. The lowest BCUT2D eigenvalue weighted by molar-refractivity contribution is -0.143. The molecule has 2 heterocycles. The molecule has 5 rings (SSSR count). The molecule has 234 valence electrons. The molecule has 0 aliphatic carbocycles. The Kier molecular flexibility index (Phi) is 9.83. The van der Waals surface area contributed by atoms with E-state index < -0.39 is 16.2 Å². The lowest BCUT2D eigenvalue weighted by Gasteiger charge is -2.29. The third-order valence-corrected chi connectivity index (χ3v) is 10.2. The number of phenolic OH excluding ortho intramolecular Hbond substituents is 1. The maximum atomic E-state index is 13.1. The van der Waals surface area contributed by atoms with Crippen LogP contribution in [0.2, 0.25) is 5.02 Å². The van der Waals surface area contributed by atoms with Gasteiger partial charge in [-0.3, -0.25) is 4.79 Å². The van der Waals surface area contributed by atoms with Gasteiger partial charge in [-0.2, -0.15) is 12.7 Å². The standard InChI is InChI=1S/C31H34BrClN4O6S/c1-4-42-29(39)16-26(25-8-9-27-31(20(25)3)34-35-37(27)12-6-5-11-32)21-13-19(2)30(33)23(14-21)18-36-17-22-15-24(38)7-10-28(22)43-44(36,40)41/h7-10,13-15,26,38H,4-6,11-12,16-18H2,1-3H3. The number of unbranched alkanes of at least 4 members (excludes halogenated alkanes) is 1. The van der Waals surface area contributed by atoms with E-state index in [0.29, 0.717) is 16.1 Å². The number of aromatic hydroxyl groups is 1. The van der Waals surface area contributed by atoms with Crippen LogP contribution >= 0.6 is 27.5 Å². The minimum atomic E-state index is -4.13. The molecule has 1 aromatic heterocycles. The number of hydrogen-bond acceptors (Lipinski definition) is 8. The number of hydrogen-bond donors (Lipinski definition) is 1. The lowest BCUT2D eigenvalue weighted by Crippen LogP contribution is -2.37. The van der Waals surface area contributed by atoms with Gasteiger partial charge in [0.1, 0.15) is 17.0 Å². The molecular formula is C31H34BrClN4O6S. The highest BCUT2D eigenvalue weighted by molar-refractivity contribution is 9.09. The zero-order valence-electron chi connectivity index (χ0n) is 24.7. The first-order valence-corrected chi connectivity index (χ1v) is 17.2. The van der Waals surface area contributed by atoms with Gasteiger partial charge in [-0.15, -0.1) is 5.10 Å². The molecule has 1 N–H and O–H groups in total. The van der Waals surface area contributed by atoms with Crippen LogP contribution in [0.25, 0.3) is 11.0 Å². The fraction of sp³-hybridized carbons (Fsp3) is 0.387. The molecule has 1 aliphatic rings. The van der Waals surface area contributed by atoms with Crippen LogP contribution in [0.15, 0.2) is 42.5 Å². The van der Waals surface area contributed by atoms with E-state index in [2.05, 4.69) is 26.2 Å². The quantitative estimate of drug-likeness (QED) is 0.110. The van der Waals surface area contributed by atoms with Gasteiger partial charge in [0.2, 0.25) is 0 Å². The SMILES string of the molecule is CCOC(=O)CC(c1cc(C)c(Cl)c(CN2Cc3cc(O)ccc3OS2(=O)=O)c1)c1ccc2c(nnn2CCCCBr)c1C. The summed E-state index contributed by atoms with van der Waals surface area (Å²) in [6.07, 6.45) is 2.06. The third-order valence-electron chi connectivity index (χ3n) is 7.79. The number of rotatable bonds is 11. The Labute approximate surface area is 270 Å². The maximum Gasteiger partial charge on any atom is 0.385 e. The largest absolute Gasteiger partial charge is 0.508 e. The molecule has 4 aromatic rings. The zero-order chi connectivity index (χ0) is 31.6. The number of esters is 1. The number of alkyl halides is 1. The molecule has 0 saturated heterocycles. The van der Waals surface area contributed by atoms with Crippen molar-refractivity contribution in [1.29, 1.82) is 0 Å². The molecule has 10 nitrogen and oxygen atoms in total. The van der Waals surface area contributed by atoms with E-state index in [4.69, 9.17) is 20.5 Å². The minimum absolute atomic E-state index is 0.000992. The Morgan fingerprint density at radius 1 is 1.18 bits per heavy atom. The van der Waals surface area contributed by atoms with Crippen molar-refractivity contribution in [3.05, 3.63) is 80.9 Å². The fourth-order valence-corrected chi connectivity index (χ4v) is 7.25. The summed E-state index contributed by atoms with van der Waals surface area (Å²) in [5, 5.41) is 20.1. The molecule has 0 saturated carbocycles. The van der Waals surface area contributed by atoms with E-state index in [9.17, 15) is 18.3 Å². The molecule has 1 atom stereocenters. The van der Waals surface area contributed by atoms with Crippen molar-refractivity contribution in [3.63, 3.8) is 0 Å². The van der Waals surface area contributed by atoms with Crippen LogP contribution in [-0.2, 0) is 39.5 Å². The van der Waals surface area contributed by atoms with Crippen molar-refractivity contribution in [1.82, 2.24) is 19.3 Å². The average Bonchev–Trinajstić information content (AvgIpc) is 3.39. The van der Waals surface area contributed by atoms with E-state index in [0.717, 1.165) is 58.0 Å². The molecule has 0 bridgehead atoms. The second-order valence-electron chi connectivity index (χ2n) is 10.8. The average molecular weight is 706 g/mol. The predicted octanol–water partition coefficient (Wildman–Crippen LogP) is 6.31. The number of carbonyl (C=O) groups excluding carboxylic acids is 1. The molecular weight excluding hydrogens is 672 g/mol. The van der Waals surface area contributed by atoms with Crippen LogP contribution in [0.3, 0.4) is 0 Å². The lowest BCUT2D eigenvalue weighted by atomic mass is 9.84. The normalized spacial score (nSPS) is 15.1. The first-order valence-electron chi connectivity index (χ1n) is 14.4. The van der Waals surface area contributed by atoms with Gasteiger partial charge in [-0.1, -0.05) is 50.9 Å². The van der Waals surface area contributed by atoms with Crippen LogP contribution in [-0.4, -0.2) is 50.7 Å². The van der Waals surface area contributed by atoms with Crippen molar-refractivity contribution in [2.24, 2.45) is 0 Å². The number of ether oxygens (including phenoxy) is 1. The number of phenols is 1. The zero-order valence-corrected chi connectivity index (χ0v) is 27.9. The molecule has 1 unspecified atom stereocenters. The molecule has 0 amide bonds. The summed E-state index contributed by atoms with van der Waals surface area (Å²) in [7, 11) is -4.13. The number of aromatic nitrogens is 3. The second-order valence-corrected chi connectivity index (χ2v) is 13.5. The Hall–Kier alpha value is -3.19.